The Labute approximate surface area is 129 Å². The normalized spacial score (nSPS) is 17.2. The van der Waals surface area contributed by atoms with Gasteiger partial charge in [0.1, 0.15) is 12.2 Å². The fraction of sp³-hybridized carbons (Fsp3) is 0.643. The standard InChI is InChI=1S/C14H20ClN5O/c1-19(2)14(5-4-6-14)8-20-10(7-15)18-11-12(20)16-9-17-13(11)21-3/h9H,4-8H2,1-3H3. The number of hydrogen-bond acceptors (Lipinski definition) is 5. The first-order valence-corrected chi connectivity index (χ1v) is 7.62. The van der Waals surface area contributed by atoms with Gasteiger partial charge in [0.05, 0.1) is 13.0 Å². The predicted octanol–water partition coefficient (Wildman–Crippen LogP) is 2.06. The molecule has 1 aliphatic rings. The summed E-state index contributed by atoms with van der Waals surface area (Å²) >= 11 is 6.08. The maximum absolute atomic E-state index is 6.08. The van der Waals surface area contributed by atoms with Crippen LogP contribution < -0.4 is 4.74 Å². The van der Waals surface area contributed by atoms with Crippen LogP contribution >= 0.6 is 11.6 Å². The van der Waals surface area contributed by atoms with Gasteiger partial charge in [-0.05, 0) is 33.4 Å². The maximum atomic E-state index is 6.08. The molecule has 0 saturated heterocycles. The third-order valence-electron chi connectivity index (χ3n) is 4.58. The van der Waals surface area contributed by atoms with Gasteiger partial charge in [0.15, 0.2) is 11.2 Å². The zero-order chi connectivity index (χ0) is 15.0. The Kier molecular flexibility index (Phi) is 3.75. The van der Waals surface area contributed by atoms with Crippen molar-refractivity contribution in [3.05, 3.63) is 12.2 Å². The average molecular weight is 310 g/mol. The molecule has 0 atom stereocenters. The molecule has 0 unspecified atom stereocenters. The molecule has 2 aromatic rings. The van der Waals surface area contributed by atoms with E-state index in [4.69, 9.17) is 16.3 Å². The molecule has 0 bridgehead atoms. The first-order chi connectivity index (χ1) is 10.1. The van der Waals surface area contributed by atoms with Crippen LogP contribution in [0.5, 0.6) is 5.88 Å². The summed E-state index contributed by atoms with van der Waals surface area (Å²) in [6, 6.07) is 0. The predicted molar refractivity (Wildman–Crippen MR) is 81.7 cm³/mol. The van der Waals surface area contributed by atoms with E-state index in [-0.39, 0.29) is 5.54 Å². The molecule has 3 rings (SSSR count). The number of fused-ring (bicyclic) bond motifs is 1. The molecule has 0 radical (unpaired) electrons. The number of nitrogens with zero attached hydrogens (tertiary/aromatic N) is 5. The fourth-order valence-electron chi connectivity index (χ4n) is 3.00. The highest BCUT2D eigenvalue weighted by Gasteiger charge is 2.40. The Morgan fingerprint density at radius 1 is 1.38 bits per heavy atom. The van der Waals surface area contributed by atoms with E-state index in [9.17, 15) is 0 Å². The molecule has 2 heterocycles. The third kappa shape index (κ3) is 2.26. The van der Waals surface area contributed by atoms with E-state index in [0.29, 0.717) is 17.3 Å². The SMILES string of the molecule is COc1ncnc2c1nc(CCl)n2CC1(N(C)C)CCC1. The highest BCUT2D eigenvalue weighted by molar-refractivity contribution is 6.16. The van der Waals surface area contributed by atoms with Crippen molar-refractivity contribution in [1.82, 2.24) is 24.4 Å². The average Bonchev–Trinajstić information content (AvgIpc) is 2.79. The number of halogens is 1. The largest absolute Gasteiger partial charge is 0.479 e. The highest BCUT2D eigenvalue weighted by Crippen LogP contribution is 2.39. The number of alkyl halides is 1. The second kappa shape index (κ2) is 5.42. The van der Waals surface area contributed by atoms with E-state index in [1.54, 1.807) is 7.11 Å². The lowest BCUT2D eigenvalue weighted by Gasteiger charge is -2.47. The Balaban J connectivity index is 2.09. The molecule has 6 nitrogen and oxygen atoms in total. The summed E-state index contributed by atoms with van der Waals surface area (Å²) in [5.74, 6) is 1.67. The van der Waals surface area contributed by atoms with Crippen LogP contribution in [0.3, 0.4) is 0 Å². The van der Waals surface area contributed by atoms with Crippen molar-refractivity contribution >= 4 is 22.8 Å². The van der Waals surface area contributed by atoms with Crippen molar-refractivity contribution in [3.8, 4) is 5.88 Å². The smallest absolute Gasteiger partial charge is 0.245 e. The molecule has 0 spiro atoms. The van der Waals surface area contributed by atoms with E-state index in [0.717, 1.165) is 18.0 Å². The van der Waals surface area contributed by atoms with Gasteiger partial charge in [-0.3, -0.25) is 0 Å². The second-order valence-electron chi connectivity index (χ2n) is 5.78. The van der Waals surface area contributed by atoms with Crippen molar-refractivity contribution < 1.29 is 4.74 Å². The van der Waals surface area contributed by atoms with Gasteiger partial charge < -0.3 is 14.2 Å². The van der Waals surface area contributed by atoms with Crippen molar-refractivity contribution in [2.24, 2.45) is 0 Å². The molecule has 0 aromatic carbocycles. The van der Waals surface area contributed by atoms with E-state index in [1.807, 2.05) is 0 Å². The minimum atomic E-state index is 0.173. The summed E-state index contributed by atoms with van der Waals surface area (Å²) in [7, 11) is 5.86. The quantitative estimate of drug-likeness (QED) is 0.791. The van der Waals surface area contributed by atoms with E-state index < -0.39 is 0 Å². The molecular formula is C14H20ClN5O. The molecule has 1 saturated carbocycles. The number of methoxy groups -OCH3 is 1. The van der Waals surface area contributed by atoms with Gasteiger partial charge in [-0.15, -0.1) is 11.6 Å². The molecule has 0 aliphatic heterocycles. The van der Waals surface area contributed by atoms with Crippen LogP contribution in [-0.4, -0.2) is 51.2 Å². The lowest BCUT2D eigenvalue weighted by molar-refractivity contribution is 0.0427. The summed E-state index contributed by atoms with van der Waals surface area (Å²) in [5, 5.41) is 0. The number of aromatic nitrogens is 4. The van der Waals surface area contributed by atoms with Crippen LogP contribution in [-0.2, 0) is 12.4 Å². The number of rotatable bonds is 5. The molecular weight excluding hydrogens is 290 g/mol. The second-order valence-corrected chi connectivity index (χ2v) is 6.04. The van der Waals surface area contributed by atoms with Gasteiger partial charge >= 0.3 is 0 Å². The van der Waals surface area contributed by atoms with E-state index >= 15 is 0 Å². The van der Waals surface area contributed by atoms with Crippen molar-refractivity contribution in [2.75, 3.05) is 21.2 Å². The van der Waals surface area contributed by atoms with Crippen LogP contribution in [0, 0.1) is 0 Å². The minimum Gasteiger partial charge on any atom is -0.479 e. The number of imidazole rings is 1. The van der Waals surface area contributed by atoms with Gasteiger partial charge in [0, 0.05) is 12.1 Å². The zero-order valence-electron chi connectivity index (χ0n) is 12.6. The van der Waals surface area contributed by atoms with Crippen molar-refractivity contribution in [3.63, 3.8) is 0 Å². The van der Waals surface area contributed by atoms with Crippen LogP contribution in [0.15, 0.2) is 6.33 Å². The third-order valence-corrected chi connectivity index (χ3v) is 4.81. The molecule has 0 N–H and O–H groups in total. The van der Waals surface area contributed by atoms with Gasteiger partial charge in [-0.25, -0.2) is 9.97 Å². The Morgan fingerprint density at radius 2 is 2.14 bits per heavy atom. The van der Waals surface area contributed by atoms with Gasteiger partial charge in [0.2, 0.25) is 5.88 Å². The first kappa shape index (κ1) is 14.5. The Bertz CT molecular complexity index is 650. The van der Waals surface area contributed by atoms with Gasteiger partial charge in [-0.2, -0.15) is 4.98 Å². The van der Waals surface area contributed by atoms with Gasteiger partial charge in [-0.1, -0.05) is 0 Å². The topological polar surface area (TPSA) is 56.1 Å². The first-order valence-electron chi connectivity index (χ1n) is 7.09. The van der Waals surface area contributed by atoms with Crippen LogP contribution in [0.4, 0.5) is 0 Å². The summed E-state index contributed by atoms with van der Waals surface area (Å²) in [5.41, 5.74) is 1.65. The van der Waals surface area contributed by atoms with Crippen LogP contribution in [0.25, 0.3) is 11.2 Å². The summed E-state index contributed by atoms with van der Waals surface area (Å²) in [6.07, 6.45) is 5.15. The van der Waals surface area contributed by atoms with Crippen LogP contribution in [0.1, 0.15) is 25.1 Å². The monoisotopic (exact) mass is 309 g/mol. The number of ether oxygens (including phenoxy) is 1. The molecule has 114 valence electrons. The van der Waals surface area contributed by atoms with E-state index in [2.05, 4.69) is 38.5 Å². The number of likely N-dealkylation sites (N-methyl/N-ethyl adjacent to an activating group) is 1. The lowest BCUT2D eigenvalue weighted by atomic mass is 9.75. The molecule has 1 fully saturated rings. The summed E-state index contributed by atoms with van der Waals surface area (Å²) in [6.45, 7) is 0.846. The number of hydrogen-bond donors (Lipinski definition) is 0. The van der Waals surface area contributed by atoms with Crippen LogP contribution in [0.2, 0.25) is 0 Å². The van der Waals surface area contributed by atoms with E-state index in [1.165, 1.54) is 25.6 Å². The summed E-state index contributed by atoms with van der Waals surface area (Å²) in [4.78, 5) is 15.4. The van der Waals surface area contributed by atoms with Gasteiger partial charge in [0.25, 0.3) is 0 Å². The Morgan fingerprint density at radius 3 is 2.67 bits per heavy atom. The summed E-state index contributed by atoms with van der Waals surface area (Å²) < 4.78 is 7.39. The lowest BCUT2D eigenvalue weighted by Crippen LogP contribution is -2.53. The maximum Gasteiger partial charge on any atom is 0.245 e. The highest BCUT2D eigenvalue weighted by atomic mass is 35.5. The Hall–Kier alpha value is -1.40. The van der Waals surface area contributed by atoms with Crippen molar-refractivity contribution in [1.29, 1.82) is 0 Å². The molecule has 0 amide bonds. The molecule has 1 aliphatic carbocycles. The minimum absolute atomic E-state index is 0.173. The molecule has 21 heavy (non-hydrogen) atoms. The molecule has 2 aromatic heterocycles. The molecule has 7 heteroatoms. The van der Waals surface area contributed by atoms with Crippen molar-refractivity contribution in [2.45, 2.75) is 37.2 Å². The fourth-order valence-corrected chi connectivity index (χ4v) is 3.21. The zero-order valence-corrected chi connectivity index (χ0v) is 13.4.